The summed E-state index contributed by atoms with van der Waals surface area (Å²) in [6.45, 7) is 2.01. The van der Waals surface area contributed by atoms with Crippen molar-refractivity contribution in [1.29, 1.82) is 0 Å². The molecule has 10 nitrogen and oxygen atoms in total. The van der Waals surface area contributed by atoms with Gasteiger partial charge in [-0.25, -0.2) is 0 Å². The number of benzene rings is 2. The number of carbonyl (C=O) groups is 3. The standard InChI is InChI=1S/C26H31NO9S/c1-18(28)15-35-13-12-34-11-10-27-26(30)19(17-37(31,32)33)14-25(29)36-16-24-22-8-4-2-6-20(22)21-7-3-5-9-23(21)24/h2-9,19,24H,10-17H2,1H3,(H,27,30)(H,31,32,33)/t19-/m0/s1. The molecule has 2 N–H and O–H groups in total. The van der Waals surface area contributed by atoms with Crippen LogP contribution in [0.1, 0.15) is 30.4 Å². The van der Waals surface area contributed by atoms with Crippen molar-refractivity contribution in [2.75, 3.05) is 45.3 Å². The summed E-state index contributed by atoms with van der Waals surface area (Å²) in [5, 5.41) is 2.50. The Labute approximate surface area is 216 Å². The van der Waals surface area contributed by atoms with Crippen LogP contribution in [0.5, 0.6) is 0 Å². The highest BCUT2D eigenvalue weighted by molar-refractivity contribution is 7.85. The number of hydrogen-bond acceptors (Lipinski definition) is 8. The smallest absolute Gasteiger partial charge is 0.306 e. The summed E-state index contributed by atoms with van der Waals surface area (Å²) >= 11 is 0. The van der Waals surface area contributed by atoms with Crippen molar-refractivity contribution in [3.8, 4) is 11.1 Å². The molecule has 0 spiro atoms. The van der Waals surface area contributed by atoms with Crippen molar-refractivity contribution in [3.05, 3.63) is 59.7 Å². The Morgan fingerprint density at radius 2 is 1.54 bits per heavy atom. The SMILES string of the molecule is CC(=O)COCCOCCNC(=O)[C@@H](CC(=O)OCC1c2ccccc2-c2ccccc21)CS(=O)(=O)O. The van der Waals surface area contributed by atoms with Gasteiger partial charge in [-0.3, -0.25) is 18.9 Å². The Morgan fingerprint density at radius 1 is 0.946 bits per heavy atom. The molecule has 37 heavy (non-hydrogen) atoms. The lowest BCUT2D eigenvalue weighted by atomic mass is 9.98. The van der Waals surface area contributed by atoms with E-state index in [1.54, 1.807) is 0 Å². The molecule has 11 heteroatoms. The van der Waals surface area contributed by atoms with Gasteiger partial charge in [-0.15, -0.1) is 0 Å². The predicted molar refractivity (Wildman–Crippen MR) is 135 cm³/mol. The highest BCUT2D eigenvalue weighted by Crippen LogP contribution is 2.44. The first-order valence-corrected chi connectivity index (χ1v) is 13.5. The van der Waals surface area contributed by atoms with E-state index in [4.69, 9.17) is 14.2 Å². The van der Waals surface area contributed by atoms with E-state index in [1.807, 2.05) is 48.5 Å². The predicted octanol–water partition coefficient (Wildman–Crippen LogP) is 1.97. The van der Waals surface area contributed by atoms with Crippen molar-refractivity contribution < 1.29 is 41.6 Å². The largest absolute Gasteiger partial charge is 0.465 e. The molecule has 1 amide bonds. The van der Waals surface area contributed by atoms with Gasteiger partial charge in [-0.05, 0) is 29.2 Å². The van der Waals surface area contributed by atoms with E-state index in [0.29, 0.717) is 0 Å². The Kier molecular flexibility index (Phi) is 10.3. The van der Waals surface area contributed by atoms with E-state index in [9.17, 15) is 27.4 Å². The maximum absolute atomic E-state index is 12.6. The number of ether oxygens (including phenoxy) is 3. The normalized spacial score (nSPS) is 13.5. The molecular formula is C26H31NO9S. The first-order valence-electron chi connectivity index (χ1n) is 11.9. The first kappa shape index (κ1) is 28.5. The van der Waals surface area contributed by atoms with Crippen LogP contribution >= 0.6 is 0 Å². The van der Waals surface area contributed by atoms with Crippen LogP contribution in [-0.4, -0.2) is 76.0 Å². The molecule has 0 unspecified atom stereocenters. The third kappa shape index (κ3) is 8.74. The summed E-state index contributed by atoms with van der Waals surface area (Å²) < 4.78 is 48.0. The minimum absolute atomic E-state index is 0.00667. The number of nitrogens with one attached hydrogen (secondary N) is 1. The van der Waals surface area contributed by atoms with E-state index in [1.165, 1.54) is 6.92 Å². The molecule has 1 aliphatic carbocycles. The number of fused-ring (bicyclic) bond motifs is 3. The Balaban J connectivity index is 1.51. The zero-order chi connectivity index (χ0) is 26.8. The van der Waals surface area contributed by atoms with E-state index in [-0.39, 0.29) is 51.3 Å². The van der Waals surface area contributed by atoms with Crippen molar-refractivity contribution in [2.24, 2.45) is 5.92 Å². The number of ketones is 1. The van der Waals surface area contributed by atoms with Crippen molar-refractivity contribution in [2.45, 2.75) is 19.3 Å². The monoisotopic (exact) mass is 533 g/mol. The van der Waals surface area contributed by atoms with Gasteiger partial charge < -0.3 is 19.5 Å². The maximum Gasteiger partial charge on any atom is 0.306 e. The van der Waals surface area contributed by atoms with Crippen LogP contribution in [-0.2, 0) is 38.7 Å². The molecule has 200 valence electrons. The molecule has 1 aliphatic rings. The number of hydrogen-bond donors (Lipinski definition) is 2. The minimum Gasteiger partial charge on any atom is -0.465 e. The van der Waals surface area contributed by atoms with Gasteiger partial charge in [-0.2, -0.15) is 8.42 Å². The van der Waals surface area contributed by atoms with E-state index in [0.717, 1.165) is 22.3 Å². The summed E-state index contributed by atoms with van der Waals surface area (Å²) in [5.41, 5.74) is 4.18. The molecule has 0 fully saturated rings. The van der Waals surface area contributed by atoms with Crippen LogP contribution < -0.4 is 5.32 Å². The summed E-state index contributed by atoms with van der Waals surface area (Å²) in [5.74, 6) is -3.99. The number of amides is 1. The number of carbonyl (C=O) groups excluding carboxylic acids is 3. The molecule has 0 saturated heterocycles. The zero-order valence-electron chi connectivity index (χ0n) is 20.6. The second kappa shape index (κ2) is 13.4. The van der Waals surface area contributed by atoms with E-state index >= 15 is 0 Å². The lowest BCUT2D eigenvalue weighted by molar-refractivity contribution is -0.146. The van der Waals surface area contributed by atoms with Crippen molar-refractivity contribution in [1.82, 2.24) is 5.32 Å². The molecule has 2 aromatic carbocycles. The fourth-order valence-electron chi connectivity index (χ4n) is 4.18. The summed E-state index contributed by atoms with van der Waals surface area (Å²) in [4.78, 5) is 35.9. The molecule has 0 bridgehead atoms. The van der Waals surface area contributed by atoms with Gasteiger partial charge in [0, 0.05) is 12.5 Å². The lowest BCUT2D eigenvalue weighted by Crippen LogP contribution is -2.38. The molecular weight excluding hydrogens is 502 g/mol. The third-order valence-electron chi connectivity index (χ3n) is 5.79. The van der Waals surface area contributed by atoms with Crippen molar-refractivity contribution in [3.63, 3.8) is 0 Å². The highest BCUT2D eigenvalue weighted by atomic mass is 32.2. The average Bonchev–Trinajstić information content (AvgIpc) is 3.16. The summed E-state index contributed by atoms with van der Waals surface area (Å²) in [6, 6.07) is 15.7. The van der Waals surface area contributed by atoms with Gasteiger partial charge in [0.25, 0.3) is 10.1 Å². The van der Waals surface area contributed by atoms with Crippen LogP contribution in [0.2, 0.25) is 0 Å². The van der Waals surface area contributed by atoms with E-state index in [2.05, 4.69) is 5.32 Å². The fraction of sp³-hybridized carbons (Fsp3) is 0.423. The third-order valence-corrected chi connectivity index (χ3v) is 6.62. The first-order chi connectivity index (χ1) is 17.7. The molecule has 2 aromatic rings. The second-order valence-corrected chi connectivity index (χ2v) is 10.2. The molecule has 0 aromatic heterocycles. The van der Waals surface area contributed by atoms with Gasteiger partial charge in [0.1, 0.15) is 13.2 Å². The zero-order valence-corrected chi connectivity index (χ0v) is 21.4. The topological polar surface area (TPSA) is 145 Å². The van der Waals surface area contributed by atoms with Crippen LogP contribution in [0.3, 0.4) is 0 Å². The Morgan fingerprint density at radius 3 is 2.14 bits per heavy atom. The van der Waals surface area contributed by atoms with Crippen LogP contribution in [0.25, 0.3) is 11.1 Å². The number of Topliss-reactive ketones (excluding diaryl/α,β-unsaturated/α-hetero) is 1. The van der Waals surface area contributed by atoms with Crippen LogP contribution in [0.4, 0.5) is 0 Å². The summed E-state index contributed by atoms with van der Waals surface area (Å²) in [7, 11) is -4.52. The number of rotatable bonds is 15. The van der Waals surface area contributed by atoms with Gasteiger partial charge >= 0.3 is 5.97 Å². The molecule has 0 saturated carbocycles. The van der Waals surface area contributed by atoms with Gasteiger partial charge in [0.05, 0.1) is 37.9 Å². The summed E-state index contributed by atoms with van der Waals surface area (Å²) in [6.07, 6.45) is -0.513. The number of esters is 1. The molecule has 0 radical (unpaired) electrons. The Hall–Kier alpha value is -3.12. The molecule has 3 rings (SSSR count). The minimum atomic E-state index is -4.52. The van der Waals surface area contributed by atoms with Crippen LogP contribution in [0, 0.1) is 5.92 Å². The molecule has 0 aliphatic heterocycles. The van der Waals surface area contributed by atoms with Crippen molar-refractivity contribution >= 4 is 27.8 Å². The van der Waals surface area contributed by atoms with Gasteiger partial charge in [0.2, 0.25) is 5.91 Å². The lowest BCUT2D eigenvalue weighted by Gasteiger charge is -2.17. The molecule has 0 heterocycles. The quantitative estimate of drug-likeness (QED) is 0.199. The average molecular weight is 534 g/mol. The highest BCUT2D eigenvalue weighted by Gasteiger charge is 2.31. The van der Waals surface area contributed by atoms with Gasteiger partial charge in [-0.1, -0.05) is 48.5 Å². The molecule has 1 atom stereocenters. The fourth-order valence-corrected chi connectivity index (χ4v) is 4.96. The van der Waals surface area contributed by atoms with Crippen LogP contribution in [0.15, 0.2) is 48.5 Å². The van der Waals surface area contributed by atoms with E-state index < -0.39 is 40.1 Å². The Bertz CT molecular complexity index is 1170. The maximum atomic E-state index is 12.6. The second-order valence-electron chi connectivity index (χ2n) is 8.72. The van der Waals surface area contributed by atoms with Gasteiger partial charge in [0.15, 0.2) is 5.78 Å².